The Morgan fingerprint density at radius 2 is 2.22 bits per heavy atom. The molecular weight excluding hydrogens is 228 g/mol. The molecule has 1 aliphatic heterocycles. The number of fused-ring (bicyclic) bond motifs is 1. The molecule has 0 fully saturated rings. The van der Waals surface area contributed by atoms with Gasteiger partial charge in [-0.3, -0.25) is 0 Å². The maximum Gasteiger partial charge on any atom is 0.205 e. The highest BCUT2D eigenvalue weighted by atomic mass is 16.5. The Hall–Kier alpha value is -2.15. The maximum absolute atomic E-state index is 9.46. The number of ether oxygens (including phenoxy) is 1. The second kappa shape index (κ2) is 4.61. The lowest BCUT2D eigenvalue weighted by molar-refractivity contribution is 0.373. The van der Waals surface area contributed by atoms with Crippen molar-refractivity contribution in [3.05, 3.63) is 35.2 Å². The lowest BCUT2D eigenvalue weighted by atomic mass is 9.83. The molecule has 0 bridgehead atoms. The molecule has 1 aromatic rings. The van der Waals surface area contributed by atoms with Gasteiger partial charge in [0.15, 0.2) is 0 Å². The van der Waals surface area contributed by atoms with E-state index in [9.17, 15) is 10.4 Å². The van der Waals surface area contributed by atoms with E-state index in [-0.39, 0.29) is 17.6 Å². The van der Waals surface area contributed by atoms with Gasteiger partial charge in [-0.2, -0.15) is 5.26 Å². The minimum atomic E-state index is -0.0562. The van der Waals surface area contributed by atoms with Crippen molar-refractivity contribution in [1.82, 2.24) is 0 Å². The molecule has 0 spiro atoms. The minimum absolute atomic E-state index is 0.0562. The molecule has 1 heterocycles. The normalized spacial score (nSPS) is 18.2. The van der Waals surface area contributed by atoms with Crippen LogP contribution in [0, 0.1) is 17.2 Å². The van der Waals surface area contributed by atoms with Gasteiger partial charge in [0.1, 0.15) is 17.6 Å². The SMILES string of the molecule is CC(C)C[C@@H]1C(C#N)=C(N)Oc2cc(O)ccc21. The second-order valence-electron chi connectivity index (χ2n) is 4.90. The zero-order chi connectivity index (χ0) is 13.3. The summed E-state index contributed by atoms with van der Waals surface area (Å²) in [6, 6.07) is 7.06. The largest absolute Gasteiger partial charge is 0.508 e. The lowest BCUT2D eigenvalue weighted by Crippen LogP contribution is -2.21. The van der Waals surface area contributed by atoms with Gasteiger partial charge in [-0.1, -0.05) is 19.9 Å². The minimum Gasteiger partial charge on any atom is -0.508 e. The molecule has 0 aliphatic carbocycles. The fourth-order valence-corrected chi connectivity index (χ4v) is 2.25. The molecule has 0 saturated heterocycles. The van der Waals surface area contributed by atoms with Gasteiger partial charge in [-0.25, -0.2) is 0 Å². The first kappa shape index (κ1) is 12.3. The first-order valence-electron chi connectivity index (χ1n) is 5.93. The van der Waals surface area contributed by atoms with Crippen LogP contribution < -0.4 is 10.5 Å². The van der Waals surface area contributed by atoms with E-state index in [1.807, 2.05) is 0 Å². The quantitative estimate of drug-likeness (QED) is 0.838. The topological polar surface area (TPSA) is 79.3 Å². The summed E-state index contributed by atoms with van der Waals surface area (Å²) in [5, 5.41) is 18.7. The highest BCUT2D eigenvalue weighted by Gasteiger charge is 2.29. The Labute approximate surface area is 106 Å². The van der Waals surface area contributed by atoms with Crippen LogP contribution in [0.1, 0.15) is 31.7 Å². The van der Waals surface area contributed by atoms with Crippen LogP contribution in [-0.2, 0) is 0 Å². The number of hydrogen-bond donors (Lipinski definition) is 2. The summed E-state index contributed by atoms with van der Waals surface area (Å²) < 4.78 is 5.40. The van der Waals surface area contributed by atoms with Gasteiger partial charge in [-0.15, -0.1) is 0 Å². The zero-order valence-corrected chi connectivity index (χ0v) is 10.5. The molecule has 18 heavy (non-hydrogen) atoms. The maximum atomic E-state index is 9.46. The van der Waals surface area contributed by atoms with E-state index in [4.69, 9.17) is 10.5 Å². The van der Waals surface area contributed by atoms with Crippen LogP contribution in [0.25, 0.3) is 0 Å². The summed E-state index contributed by atoms with van der Waals surface area (Å²) in [5.41, 5.74) is 7.16. The van der Waals surface area contributed by atoms with Crippen LogP contribution in [0.4, 0.5) is 0 Å². The zero-order valence-electron chi connectivity index (χ0n) is 10.5. The Kier molecular flexibility index (Phi) is 3.15. The van der Waals surface area contributed by atoms with Crippen molar-refractivity contribution < 1.29 is 9.84 Å². The highest BCUT2D eigenvalue weighted by molar-refractivity contribution is 5.52. The van der Waals surface area contributed by atoms with Gasteiger partial charge >= 0.3 is 0 Å². The smallest absolute Gasteiger partial charge is 0.205 e. The Morgan fingerprint density at radius 1 is 1.50 bits per heavy atom. The molecule has 0 amide bonds. The summed E-state index contributed by atoms with van der Waals surface area (Å²) in [7, 11) is 0. The third-order valence-electron chi connectivity index (χ3n) is 3.03. The van der Waals surface area contributed by atoms with Crippen LogP contribution in [0.5, 0.6) is 11.5 Å². The summed E-state index contributed by atoms with van der Waals surface area (Å²) in [4.78, 5) is 0. The Bertz CT molecular complexity index is 541. The van der Waals surface area contributed by atoms with Crippen molar-refractivity contribution in [2.24, 2.45) is 11.7 Å². The van der Waals surface area contributed by atoms with Crippen molar-refractivity contribution in [2.75, 3.05) is 0 Å². The van der Waals surface area contributed by atoms with Crippen LogP contribution in [0.3, 0.4) is 0 Å². The number of benzene rings is 1. The second-order valence-corrected chi connectivity index (χ2v) is 4.90. The third kappa shape index (κ3) is 2.12. The van der Waals surface area contributed by atoms with E-state index < -0.39 is 0 Å². The molecule has 0 aromatic heterocycles. The molecular formula is C14H16N2O2. The molecule has 1 atom stereocenters. The van der Waals surface area contributed by atoms with E-state index in [2.05, 4.69) is 19.9 Å². The van der Waals surface area contributed by atoms with Crippen molar-refractivity contribution in [1.29, 1.82) is 5.26 Å². The molecule has 2 rings (SSSR count). The van der Waals surface area contributed by atoms with Crippen molar-refractivity contribution in [3.8, 4) is 17.6 Å². The van der Waals surface area contributed by atoms with E-state index in [0.29, 0.717) is 17.2 Å². The number of allylic oxidation sites excluding steroid dienone is 1. The van der Waals surface area contributed by atoms with Crippen molar-refractivity contribution >= 4 is 0 Å². The van der Waals surface area contributed by atoms with E-state index in [1.54, 1.807) is 12.1 Å². The van der Waals surface area contributed by atoms with E-state index in [1.165, 1.54) is 6.07 Å². The molecule has 94 valence electrons. The molecule has 0 radical (unpaired) electrons. The van der Waals surface area contributed by atoms with Gasteiger partial charge in [-0.05, 0) is 18.4 Å². The first-order chi connectivity index (χ1) is 8.52. The van der Waals surface area contributed by atoms with Gasteiger partial charge in [0.25, 0.3) is 0 Å². The van der Waals surface area contributed by atoms with Gasteiger partial charge in [0.2, 0.25) is 5.88 Å². The molecule has 0 saturated carbocycles. The Morgan fingerprint density at radius 3 is 2.83 bits per heavy atom. The number of phenols is 1. The standard InChI is InChI=1S/C14H16N2O2/c1-8(2)5-11-10-4-3-9(17)6-13(10)18-14(16)12(11)7-15/h3-4,6,8,11,17H,5,16H2,1-2H3/t11-/m0/s1. The summed E-state index contributed by atoms with van der Waals surface area (Å²) >= 11 is 0. The first-order valence-corrected chi connectivity index (χ1v) is 5.93. The number of hydrogen-bond acceptors (Lipinski definition) is 4. The van der Waals surface area contributed by atoms with E-state index >= 15 is 0 Å². The average molecular weight is 244 g/mol. The number of rotatable bonds is 2. The number of nitrogens with two attached hydrogens (primary N) is 1. The molecule has 1 aromatic carbocycles. The molecule has 0 unspecified atom stereocenters. The van der Waals surface area contributed by atoms with Crippen molar-refractivity contribution in [2.45, 2.75) is 26.2 Å². The average Bonchev–Trinajstić information content (AvgIpc) is 2.27. The van der Waals surface area contributed by atoms with Gasteiger partial charge < -0.3 is 15.6 Å². The van der Waals surface area contributed by atoms with Gasteiger partial charge in [0, 0.05) is 17.5 Å². The summed E-state index contributed by atoms with van der Waals surface area (Å²) in [6.45, 7) is 4.20. The number of aromatic hydroxyl groups is 1. The predicted molar refractivity (Wildman–Crippen MR) is 67.8 cm³/mol. The Balaban J connectivity index is 2.50. The van der Waals surface area contributed by atoms with Crippen molar-refractivity contribution in [3.63, 3.8) is 0 Å². The molecule has 4 heteroatoms. The highest BCUT2D eigenvalue weighted by Crippen LogP contribution is 2.42. The van der Waals surface area contributed by atoms with Crippen LogP contribution in [0.2, 0.25) is 0 Å². The fourth-order valence-electron chi connectivity index (χ4n) is 2.25. The number of nitriles is 1. The summed E-state index contributed by atoms with van der Waals surface area (Å²) in [5.74, 6) is 1.19. The summed E-state index contributed by atoms with van der Waals surface area (Å²) in [6.07, 6.45) is 0.824. The number of nitrogens with zero attached hydrogens (tertiary/aromatic N) is 1. The van der Waals surface area contributed by atoms with Crippen LogP contribution in [0.15, 0.2) is 29.7 Å². The number of phenolic OH excluding ortho intramolecular Hbond substituents is 1. The van der Waals surface area contributed by atoms with E-state index in [0.717, 1.165) is 12.0 Å². The molecule has 4 nitrogen and oxygen atoms in total. The molecule has 3 N–H and O–H groups in total. The van der Waals surface area contributed by atoms with Crippen LogP contribution in [-0.4, -0.2) is 5.11 Å². The van der Waals surface area contributed by atoms with Gasteiger partial charge in [0.05, 0.1) is 5.57 Å². The predicted octanol–water partition coefficient (Wildman–Crippen LogP) is 2.61. The third-order valence-corrected chi connectivity index (χ3v) is 3.03. The fraction of sp³-hybridized carbons (Fsp3) is 0.357. The monoisotopic (exact) mass is 244 g/mol. The molecule has 1 aliphatic rings. The van der Waals surface area contributed by atoms with Crippen LogP contribution >= 0.6 is 0 Å². The lowest BCUT2D eigenvalue weighted by Gasteiger charge is -2.27.